The first-order valence-corrected chi connectivity index (χ1v) is 6.94. The fraction of sp³-hybridized carbons (Fsp3) is 0.0588. The number of benzene rings is 2. The Kier molecular flexibility index (Phi) is 2.98. The van der Waals surface area contributed by atoms with Gasteiger partial charge in [0.05, 0.1) is 28.9 Å². The van der Waals surface area contributed by atoms with E-state index in [4.69, 9.17) is 9.52 Å². The van der Waals surface area contributed by atoms with E-state index in [9.17, 15) is 0 Å². The monoisotopic (exact) mass is 291 g/mol. The van der Waals surface area contributed by atoms with Gasteiger partial charge in [0.2, 0.25) is 5.89 Å². The van der Waals surface area contributed by atoms with Crippen LogP contribution in [0.3, 0.4) is 0 Å². The molecule has 0 amide bonds. The SMILES string of the molecule is OCc1coc(-c2ccccc2-n2cnc3ccccc32)n1. The van der Waals surface area contributed by atoms with Crippen LogP contribution in [0.2, 0.25) is 0 Å². The van der Waals surface area contributed by atoms with Gasteiger partial charge in [0.25, 0.3) is 0 Å². The van der Waals surface area contributed by atoms with Gasteiger partial charge >= 0.3 is 0 Å². The average molecular weight is 291 g/mol. The number of oxazole rings is 1. The first kappa shape index (κ1) is 12.8. The first-order chi connectivity index (χ1) is 10.9. The van der Waals surface area contributed by atoms with Crippen molar-refractivity contribution in [3.05, 3.63) is 66.8 Å². The van der Waals surface area contributed by atoms with Crippen LogP contribution in [-0.2, 0) is 6.61 Å². The fourth-order valence-electron chi connectivity index (χ4n) is 2.52. The summed E-state index contributed by atoms with van der Waals surface area (Å²) in [5.41, 5.74) is 4.25. The second-order valence-electron chi connectivity index (χ2n) is 4.92. The van der Waals surface area contributed by atoms with Crippen LogP contribution in [0, 0.1) is 0 Å². The van der Waals surface area contributed by atoms with Gasteiger partial charge in [-0.2, -0.15) is 0 Å². The molecular weight excluding hydrogens is 278 g/mol. The summed E-state index contributed by atoms with van der Waals surface area (Å²) in [5.74, 6) is 0.484. The Hall–Kier alpha value is -2.92. The maximum Gasteiger partial charge on any atom is 0.228 e. The van der Waals surface area contributed by atoms with Crippen molar-refractivity contribution in [2.24, 2.45) is 0 Å². The van der Waals surface area contributed by atoms with Gasteiger partial charge in [-0.05, 0) is 24.3 Å². The molecule has 0 spiro atoms. The topological polar surface area (TPSA) is 64.1 Å². The Morgan fingerprint density at radius 2 is 1.86 bits per heavy atom. The Balaban J connectivity index is 1.92. The van der Waals surface area contributed by atoms with E-state index in [0.29, 0.717) is 11.6 Å². The molecule has 2 aromatic carbocycles. The van der Waals surface area contributed by atoms with E-state index >= 15 is 0 Å². The number of rotatable bonds is 3. The van der Waals surface area contributed by atoms with Crippen LogP contribution >= 0.6 is 0 Å². The number of aliphatic hydroxyl groups is 1. The zero-order valence-corrected chi connectivity index (χ0v) is 11.7. The highest BCUT2D eigenvalue weighted by atomic mass is 16.3. The Morgan fingerprint density at radius 3 is 2.73 bits per heavy atom. The highest BCUT2D eigenvalue weighted by molar-refractivity contribution is 5.79. The number of hydrogen-bond acceptors (Lipinski definition) is 4. The lowest BCUT2D eigenvalue weighted by atomic mass is 10.1. The van der Waals surface area contributed by atoms with Crippen LogP contribution in [-0.4, -0.2) is 19.6 Å². The van der Waals surface area contributed by atoms with Crippen molar-refractivity contribution in [3.8, 4) is 17.1 Å². The third-order valence-corrected chi connectivity index (χ3v) is 3.56. The molecule has 0 saturated heterocycles. The first-order valence-electron chi connectivity index (χ1n) is 6.94. The highest BCUT2D eigenvalue weighted by Gasteiger charge is 2.13. The summed E-state index contributed by atoms with van der Waals surface area (Å²) >= 11 is 0. The van der Waals surface area contributed by atoms with Crippen molar-refractivity contribution in [3.63, 3.8) is 0 Å². The second-order valence-corrected chi connectivity index (χ2v) is 4.92. The van der Waals surface area contributed by atoms with E-state index in [-0.39, 0.29) is 6.61 Å². The molecule has 0 unspecified atom stereocenters. The molecule has 108 valence electrons. The maximum atomic E-state index is 9.15. The minimum Gasteiger partial charge on any atom is -0.444 e. The third kappa shape index (κ3) is 1.99. The molecule has 4 aromatic rings. The van der Waals surface area contributed by atoms with Gasteiger partial charge in [-0.25, -0.2) is 9.97 Å². The highest BCUT2D eigenvalue weighted by Crippen LogP contribution is 2.28. The van der Waals surface area contributed by atoms with Crippen molar-refractivity contribution in [2.45, 2.75) is 6.61 Å². The zero-order chi connectivity index (χ0) is 14.9. The number of imidazole rings is 1. The second kappa shape index (κ2) is 5.13. The smallest absolute Gasteiger partial charge is 0.228 e. The van der Waals surface area contributed by atoms with Gasteiger partial charge < -0.3 is 9.52 Å². The zero-order valence-electron chi connectivity index (χ0n) is 11.7. The van der Waals surface area contributed by atoms with Crippen LogP contribution < -0.4 is 0 Å². The van der Waals surface area contributed by atoms with Crippen LogP contribution in [0.4, 0.5) is 0 Å². The molecule has 0 aliphatic rings. The largest absolute Gasteiger partial charge is 0.444 e. The third-order valence-electron chi connectivity index (χ3n) is 3.56. The molecule has 0 fully saturated rings. The maximum absolute atomic E-state index is 9.15. The van der Waals surface area contributed by atoms with E-state index < -0.39 is 0 Å². The molecule has 0 aliphatic carbocycles. The van der Waals surface area contributed by atoms with Gasteiger partial charge in [0.15, 0.2) is 0 Å². The minimum atomic E-state index is -0.139. The van der Waals surface area contributed by atoms with Gasteiger partial charge in [-0.15, -0.1) is 0 Å². The lowest BCUT2D eigenvalue weighted by molar-refractivity contribution is 0.276. The van der Waals surface area contributed by atoms with Crippen LogP contribution in [0.15, 0.2) is 65.5 Å². The molecule has 2 heterocycles. The number of para-hydroxylation sites is 3. The van der Waals surface area contributed by atoms with Crippen molar-refractivity contribution >= 4 is 11.0 Å². The Labute approximate surface area is 126 Å². The number of nitrogens with zero attached hydrogens (tertiary/aromatic N) is 3. The summed E-state index contributed by atoms with van der Waals surface area (Å²) in [6.07, 6.45) is 3.26. The quantitative estimate of drug-likeness (QED) is 0.629. The van der Waals surface area contributed by atoms with Crippen LogP contribution in [0.25, 0.3) is 28.2 Å². The average Bonchev–Trinajstić information content (AvgIpc) is 3.21. The molecule has 0 radical (unpaired) electrons. The molecule has 0 aliphatic heterocycles. The predicted octanol–water partition coefficient (Wildman–Crippen LogP) is 3.17. The number of fused-ring (bicyclic) bond motifs is 1. The Morgan fingerprint density at radius 1 is 1.05 bits per heavy atom. The van der Waals surface area contributed by atoms with E-state index in [0.717, 1.165) is 22.3 Å². The van der Waals surface area contributed by atoms with Crippen LogP contribution in [0.1, 0.15) is 5.69 Å². The molecule has 0 bridgehead atoms. The van der Waals surface area contributed by atoms with Gasteiger partial charge in [-0.1, -0.05) is 24.3 Å². The summed E-state index contributed by atoms with van der Waals surface area (Å²) in [7, 11) is 0. The molecule has 0 saturated carbocycles. The minimum absolute atomic E-state index is 0.139. The van der Waals surface area contributed by atoms with Crippen molar-refractivity contribution in [2.75, 3.05) is 0 Å². The van der Waals surface area contributed by atoms with Crippen molar-refractivity contribution < 1.29 is 9.52 Å². The molecule has 2 aromatic heterocycles. The number of hydrogen-bond donors (Lipinski definition) is 1. The Bertz CT molecular complexity index is 940. The predicted molar refractivity (Wildman–Crippen MR) is 82.5 cm³/mol. The molecule has 5 nitrogen and oxygen atoms in total. The van der Waals surface area contributed by atoms with Gasteiger partial charge in [0.1, 0.15) is 18.3 Å². The van der Waals surface area contributed by atoms with E-state index in [1.54, 1.807) is 6.33 Å². The van der Waals surface area contributed by atoms with E-state index in [1.165, 1.54) is 6.26 Å². The van der Waals surface area contributed by atoms with Crippen LogP contribution in [0.5, 0.6) is 0 Å². The summed E-state index contributed by atoms with van der Waals surface area (Å²) in [6.45, 7) is -0.139. The summed E-state index contributed by atoms with van der Waals surface area (Å²) in [6, 6.07) is 15.8. The summed E-state index contributed by atoms with van der Waals surface area (Å²) in [5, 5.41) is 9.15. The molecule has 5 heteroatoms. The van der Waals surface area contributed by atoms with Crippen molar-refractivity contribution in [1.82, 2.24) is 14.5 Å². The van der Waals surface area contributed by atoms with E-state index in [1.807, 2.05) is 53.1 Å². The standard InChI is InChI=1S/C17H13N3O2/c21-9-12-10-22-17(19-12)13-5-1-3-7-15(13)20-11-18-14-6-2-4-8-16(14)20/h1-8,10-11,21H,9H2. The number of aromatic nitrogens is 3. The van der Waals surface area contributed by atoms with Gasteiger partial charge in [-0.3, -0.25) is 4.57 Å². The summed E-state index contributed by atoms with van der Waals surface area (Å²) < 4.78 is 7.49. The molecular formula is C17H13N3O2. The van der Waals surface area contributed by atoms with E-state index in [2.05, 4.69) is 9.97 Å². The number of aliphatic hydroxyl groups excluding tert-OH is 1. The molecule has 1 N–H and O–H groups in total. The lowest BCUT2D eigenvalue weighted by Gasteiger charge is -2.08. The normalized spacial score (nSPS) is 11.1. The molecule has 4 rings (SSSR count). The lowest BCUT2D eigenvalue weighted by Crippen LogP contribution is -1.95. The molecule has 22 heavy (non-hydrogen) atoms. The fourth-order valence-corrected chi connectivity index (χ4v) is 2.52. The van der Waals surface area contributed by atoms with Crippen molar-refractivity contribution in [1.29, 1.82) is 0 Å². The van der Waals surface area contributed by atoms with Gasteiger partial charge in [0, 0.05) is 0 Å². The summed E-state index contributed by atoms with van der Waals surface area (Å²) in [4.78, 5) is 8.72. The molecule has 0 atom stereocenters.